The number of hydrogen-bond acceptors (Lipinski definition) is 1. The molecule has 0 saturated carbocycles. The van der Waals surface area contributed by atoms with Gasteiger partial charge in [-0.05, 0) is 48.4 Å². The molecule has 0 saturated heterocycles. The zero-order chi connectivity index (χ0) is 14.5. The molecule has 0 heterocycles. The van der Waals surface area contributed by atoms with Crippen molar-refractivity contribution < 1.29 is 0 Å². The highest BCUT2D eigenvalue weighted by atomic mass is 79.9. The van der Waals surface area contributed by atoms with Gasteiger partial charge in [-0.1, -0.05) is 64.3 Å². The van der Waals surface area contributed by atoms with Gasteiger partial charge in [-0.2, -0.15) is 0 Å². The van der Waals surface area contributed by atoms with Gasteiger partial charge in [0.2, 0.25) is 0 Å². The van der Waals surface area contributed by atoms with Crippen LogP contribution in [0, 0.1) is 0 Å². The highest BCUT2D eigenvalue weighted by Crippen LogP contribution is 2.31. The summed E-state index contributed by atoms with van der Waals surface area (Å²) in [6.45, 7) is 3.06. The molecule has 1 atom stereocenters. The molecule has 2 rings (SSSR count). The minimum Gasteiger partial charge on any atom is -0.306 e. The van der Waals surface area contributed by atoms with E-state index in [2.05, 4.69) is 34.2 Å². The first-order valence-electron chi connectivity index (χ1n) is 6.55. The molecule has 1 nitrogen and oxygen atoms in total. The van der Waals surface area contributed by atoms with E-state index >= 15 is 0 Å². The Morgan fingerprint density at radius 1 is 1.15 bits per heavy atom. The predicted octanol–water partition coefficient (Wildman–Crippen LogP) is 5.84. The lowest BCUT2D eigenvalue weighted by molar-refractivity contribution is 0.599. The van der Waals surface area contributed by atoms with Crippen LogP contribution in [0.2, 0.25) is 10.0 Å². The van der Waals surface area contributed by atoms with Crippen LogP contribution in [0.5, 0.6) is 0 Å². The van der Waals surface area contributed by atoms with Gasteiger partial charge in [-0.25, -0.2) is 0 Å². The molecule has 0 amide bonds. The molecular formula is C16H16BrCl2N. The Morgan fingerprint density at radius 3 is 2.60 bits per heavy atom. The maximum Gasteiger partial charge on any atom is 0.0592 e. The first-order chi connectivity index (χ1) is 9.61. The summed E-state index contributed by atoms with van der Waals surface area (Å²) >= 11 is 15.9. The summed E-state index contributed by atoms with van der Waals surface area (Å²) < 4.78 is 0.978. The largest absolute Gasteiger partial charge is 0.306 e. The van der Waals surface area contributed by atoms with Gasteiger partial charge in [-0.15, -0.1) is 0 Å². The maximum atomic E-state index is 6.39. The monoisotopic (exact) mass is 371 g/mol. The maximum absolute atomic E-state index is 6.39. The second-order valence-corrected chi connectivity index (χ2v) is 6.37. The zero-order valence-corrected chi connectivity index (χ0v) is 14.3. The van der Waals surface area contributed by atoms with Gasteiger partial charge in [0.05, 0.1) is 6.04 Å². The Kier molecular flexibility index (Phi) is 5.91. The van der Waals surface area contributed by atoms with Crippen molar-refractivity contribution in [2.24, 2.45) is 0 Å². The summed E-state index contributed by atoms with van der Waals surface area (Å²) in [4.78, 5) is 0. The molecular weight excluding hydrogens is 357 g/mol. The molecule has 0 aliphatic rings. The molecule has 106 valence electrons. The second kappa shape index (κ2) is 7.46. The van der Waals surface area contributed by atoms with E-state index < -0.39 is 0 Å². The fourth-order valence-corrected chi connectivity index (χ4v) is 3.10. The second-order valence-electron chi connectivity index (χ2n) is 4.61. The third-order valence-corrected chi connectivity index (χ3v) is 4.11. The lowest BCUT2D eigenvalue weighted by atomic mass is 9.98. The molecule has 0 fully saturated rings. The molecule has 1 unspecified atom stereocenters. The van der Waals surface area contributed by atoms with Crippen molar-refractivity contribution >= 4 is 39.1 Å². The van der Waals surface area contributed by atoms with Crippen molar-refractivity contribution in [1.29, 1.82) is 0 Å². The minimum absolute atomic E-state index is 0.0502. The van der Waals surface area contributed by atoms with Gasteiger partial charge < -0.3 is 5.32 Å². The minimum atomic E-state index is 0.0502. The van der Waals surface area contributed by atoms with Crippen LogP contribution in [-0.2, 0) is 0 Å². The Balaban J connectivity index is 2.41. The third-order valence-electron chi connectivity index (χ3n) is 3.05. The van der Waals surface area contributed by atoms with E-state index in [0.29, 0.717) is 0 Å². The average Bonchev–Trinajstić information content (AvgIpc) is 2.41. The molecule has 2 aromatic rings. The summed E-state index contributed by atoms with van der Waals surface area (Å²) in [7, 11) is 0. The van der Waals surface area contributed by atoms with Gasteiger partial charge in [0.25, 0.3) is 0 Å². The average molecular weight is 373 g/mol. The Labute approximate surface area is 138 Å². The van der Waals surface area contributed by atoms with Crippen molar-refractivity contribution in [1.82, 2.24) is 5.32 Å². The van der Waals surface area contributed by atoms with E-state index in [9.17, 15) is 0 Å². The van der Waals surface area contributed by atoms with Crippen LogP contribution in [0.1, 0.15) is 30.5 Å². The van der Waals surface area contributed by atoms with Gasteiger partial charge >= 0.3 is 0 Å². The van der Waals surface area contributed by atoms with Crippen molar-refractivity contribution in [3.05, 3.63) is 68.1 Å². The molecule has 0 bridgehead atoms. The summed E-state index contributed by atoms with van der Waals surface area (Å²) in [5.74, 6) is 0. The lowest BCUT2D eigenvalue weighted by Crippen LogP contribution is -2.23. The van der Waals surface area contributed by atoms with Crippen molar-refractivity contribution in [2.75, 3.05) is 6.54 Å². The summed E-state index contributed by atoms with van der Waals surface area (Å²) in [6.07, 6.45) is 1.06. The number of benzene rings is 2. The van der Waals surface area contributed by atoms with Crippen LogP contribution in [0.4, 0.5) is 0 Å². The van der Waals surface area contributed by atoms with Gasteiger partial charge in [0.15, 0.2) is 0 Å². The van der Waals surface area contributed by atoms with Crippen molar-refractivity contribution in [2.45, 2.75) is 19.4 Å². The molecule has 20 heavy (non-hydrogen) atoms. The first kappa shape index (κ1) is 15.8. The molecule has 0 radical (unpaired) electrons. The molecule has 2 aromatic carbocycles. The Morgan fingerprint density at radius 2 is 1.95 bits per heavy atom. The predicted molar refractivity (Wildman–Crippen MR) is 90.7 cm³/mol. The molecule has 0 aliphatic carbocycles. The highest BCUT2D eigenvalue weighted by molar-refractivity contribution is 9.10. The third kappa shape index (κ3) is 3.98. The summed E-state index contributed by atoms with van der Waals surface area (Å²) in [5.41, 5.74) is 2.18. The van der Waals surface area contributed by atoms with Crippen LogP contribution >= 0.6 is 39.1 Å². The van der Waals surface area contributed by atoms with Crippen LogP contribution in [-0.4, -0.2) is 6.54 Å². The SMILES string of the molecule is CCCNC(c1cccc(Cl)c1)c1ccc(Br)cc1Cl. The standard InChI is InChI=1S/C16H16BrCl2N/c1-2-8-20-16(11-4-3-5-13(18)9-11)14-7-6-12(17)10-15(14)19/h3-7,9-10,16,20H,2,8H2,1H3. The molecule has 0 spiro atoms. The topological polar surface area (TPSA) is 12.0 Å². The van der Waals surface area contributed by atoms with Crippen molar-refractivity contribution in [3.63, 3.8) is 0 Å². The first-order valence-corrected chi connectivity index (χ1v) is 8.10. The number of rotatable bonds is 5. The van der Waals surface area contributed by atoms with E-state index in [1.165, 1.54) is 0 Å². The number of halogens is 3. The van der Waals surface area contributed by atoms with Crippen molar-refractivity contribution in [3.8, 4) is 0 Å². The van der Waals surface area contributed by atoms with Crippen LogP contribution < -0.4 is 5.32 Å². The summed E-state index contributed by atoms with van der Waals surface area (Å²) in [6, 6.07) is 13.9. The molecule has 0 aliphatic heterocycles. The van der Waals surface area contributed by atoms with E-state index in [-0.39, 0.29) is 6.04 Å². The fraction of sp³-hybridized carbons (Fsp3) is 0.250. The van der Waals surface area contributed by atoms with E-state index in [1.54, 1.807) is 0 Å². The zero-order valence-electron chi connectivity index (χ0n) is 11.2. The fourth-order valence-electron chi connectivity index (χ4n) is 2.12. The van der Waals surface area contributed by atoms with Gasteiger partial charge in [0, 0.05) is 14.5 Å². The van der Waals surface area contributed by atoms with Gasteiger partial charge in [0.1, 0.15) is 0 Å². The molecule has 1 N–H and O–H groups in total. The van der Waals surface area contributed by atoms with Crippen LogP contribution in [0.25, 0.3) is 0 Å². The van der Waals surface area contributed by atoms with Crippen LogP contribution in [0.15, 0.2) is 46.9 Å². The smallest absolute Gasteiger partial charge is 0.0592 e. The van der Waals surface area contributed by atoms with E-state index in [1.807, 2.05) is 36.4 Å². The number of hydrogen-bond donors (Lipinski definition) is 1. The molecule has 4 heteroatoms. The van der Waals surface area contributed by atoms with Gasteiger partial charge in [-0.3, -0.25) is 0 Å². The lowest BCUT2D eigenvalue weighted by Gasteiger charge is -2.21. The molecule has 0 aromatic heterocycles. The Hall–Kier alpha value is -0.540. The van der Waals surface area contributed by atoms with E-state index in [0.717, 1.165) is 38.6 Å². The quantitative estimate of drug-likeness (QED) is 0.694. The normalized spacial score (nSPS) is 12.4. The number of nitrogens with one attached hydrogen (secondary N) is 1. The van der Waals surface area contributed by atoms with Crippen LogP contribution in [0.3, 0.4) is 0 Å². The highest BCUT2D eigenvalue weighted by Gasteiger charge is 2.16. The van der Waals surface area contributed by atoms with E-state index in [4.69, 9.17) is 23.2 Å². The summed E-state index contributed by atoms with van der Waals surface area (Å²) in [5, 5.41) is 5.01. The Bertz CT molecular complexity index is 586.